The molecule has 1 aliphatic carbocycles. The minimum atomic E-state index is -4.56. The lowest BCUT2D eigenvalue weighted by Gasteiger charge is -2.45. The van der Waals surface area contributed by atoms with Crippen LogP contribution in [-0.2, 0) is 11.6 Å². The summed E-state index contributed by atoms with van der Waals surface area (Å²) in [5.74, 6) is 1.01. The van der Waals surface area contributed by atoms with Crippen molar-refractivity contribution in [3.05, 3.63) is 75.7 Å². The van der Waals surface area contributed by atoms with E-state index in [2.05, 4.69) is 25.0 Å². The van der Waals surface area contributed by atoms with Crippen LogP contribution in [0, 0.1) is 11.3 Å². The zero-order chi connectivity index (χ0) is 25.0. The number of nitrogens with zero attached hydrogens (tertiary/aromatic N) is 7. The lowest BCUT2D eigenvalue weighted by atomic mass is 9.60. The van der Waals surface area contributed by atoms with Gasteiger partial charge in [0.05, 0.1) is 6.04 Å². The van der Waals surface area contributed by atoms with Gasteiger partial charge in [0.25, 0.3) is 5.56 Å². The first-order valence-electron chi connectivity index (χ1n) is 10.9. The van der Waals surface area contributed by atoms with Crippen LogP contribution >= 0.6 is 0 Å². The van der Waals surface area contributed by atoms with Crippen molar-refractivity contribution in [2.24, 2.45) is 0 Å². The molecule has 1 saturated carbocycles. The molecule has 3 atom stereocenters. The fourth-order valence-corrected chi connectivity index (χ4v) is 4.54. The van der Waals surface area contributed by atoms with Crippen molar-refractivity contribution in [2.45, 2.75) is 50.2 Å². The molecule has 0 amide bonds. The van der Waals surface area contributed by atoms with Crippen LogP contribution in [0.25, 0.3) is 11.0 Å². The van der Waals surface area contributed by atoms with Gasteiger partial charge in [-0.05, 0) is 37.5 Å². The van der Waals surface area contributed by atoms with Crippen LogP contribution in [0.3, 0.4) is 0 Å². The second-order valence-electron chi connectivity index (χ2n) is 8.78. The highest BCUT2D eigenvalue weighted by molar-refractivity contribution is 5.80. The maximum absolute atomic E-state index is 13.1. The SMILES string of the molecule is CC(c1ccc(C(F)(F)F)nc1)n1nc(C#N)c2c(=O)[nH]c(C3(C)CCC3c3ncccn3)nc21. The maximum Gasteiger partial charge on any atom is 0.433 e. The Hall–Kier alpha value is -4.14. The maximum atomic E-state index is 13.1. The number of pyridine rings is 1. The van der Waals surface area contributed by atoms with Crippen molar-refractivity contribution < 1.29 is 13.2 Å². The van der Waals surface area contributed by atoms with Gasteiger partial charge in [0.1, 0.15) is 28.8 Å². The molecule has 35 heavy (non-hydrogen) atoms. The highest BCUT2D eigenvalue weighted by Crippen LogP contribution is 2.52. The molecule has 1 aliphatic rings. The molecular formula is C23H19F3N8O. The van der Waals surface area contributed by atoms with Crippen LogP contribution in [0.4, 0.5) is 13.2 Å². The zero-order valence-electron chi connectivity index (χ0n) is 18.7. The Morgan fingerprint density at radius 3 is 2.57 bits per heavy atom. The number of halogens is 3. The number of nitriles is 1. The van der Waals surface area contributed by atoms with Crippen LogP contribution in [0.2, 0.25) is 0 Å². The number of hydrogen-bond acceptors (Lipinski definition) is 7. The molecule has 3 unspecified atom stereocenters. The summed E-state index contributed by atoms with van der Waals surface area (Å²) in [6.07, 6.45) is 1.43. The predicted octanol–water partition coefficient (Wildman–Crippen LogP) is 3.64. The van der Waals surface area contributed by atoms with Gasteiger partial charge in [0.2, 0.25) is 0 Å². The largest absolute Gasteiger partial charge is 0.433 e. The van der Waals surface area contributed by atoms with Gasteiger partial charge in [0.15, 0.2) is 11.3 Å². The zero-order valence-corrected chi connectivity index (χ0v) is 18.7. The van der Waals surface area contributed by atoms with Crippen LogP contribution in [0.15, 0.2) is 41.6 Å². The standard InChI is InChI=1S/C23H19F3N8O/c1-12(13-4-5-16(30-11-13)23(24,25)26)34-19-17(15(10-27)33-34)20(35)32-21(31-19)22(2)7-6-14(22)18-28-8-3-9-29-18/h3-5,8-9,11-12,14H,6-7H2,1-2H3,(H,31,32,35). The molecule has 4 heterocycles. The third-order valence-corrected chi connectivity index (χ3v) is 6.75. The van der Waals surface area contributed by atoms with E-state index in [1.54, 1.807) is 25.4 Å². The number of nitrogens with one attached hydrogen (secondary N) is 1. The number of rotatable bonds is 4. The van der Waals surface area contributed by atoms with Gasteiger partial charge in [-0.25, -0.2) is 19.6 Å². The van der Waals surface area contributed by atoms with Crippen molar-refractivity contribution in [3.8, 4) is 6.07 Å². The van der Waals surface area contributed by atoms with Gasteiger partial charge in [-0.3, -0.25) is 9.78 Å². The van der Waals surface area contributed by atoms with Gasteiger partial charge in [-0.1, -0.05) is 13.0 Å². The third kappa shape index (κ3) is 3.63. The van der Waals surface area contributed by atoms with E-state index in [-0.39, 0.29) is 22.6 Å². The summed E-state index contributed by atoms with van der Waals surface area (Å²) in [4.78, 5) is 32.8. The summed E-state index contributed by atoms with van der Waals surface area (Å²) >= 11 is 0. The Labute approximate surface area is 196 Å². The van der Waals surface area contributed by atoms with Crippen molar-refractivity contribution in [3.63, 3.8) is 0 Å². The van der Waals surface area contributed by atoms with Gasteiger partial charge >= 0.3 is 6.18 Å². The first kappa shape index (κ1) is 22.6. The van der Waals surface area contributed by atoms with Crippen LogP contribution in [0.1, 0.15) is 67.2 Å². The molecule has 0 bridgehead atoms. The Morgan fingerprint density at radius 2 is 2.00 bits per heavy atom. The lowest BCUT2D eigenvalue weighted by Crippen LogP contribution is -2.43. The summed E-state index contributed by atoms with van der Waals surface area (Å²) < 4.78 is 40.1. The quantitative estimate of drug-likeness (QED) is 0.473. The Kier molecular flexibility index (Phi) is 5.16. The average molecular weight is 480 g/mol. The third-order valence-electron chi connectivity index (χ3n) is 6.75. The highest BCUT2D eigenvalue weighted by atomic mass is 19.4. The van der Waals surface area contributed by atoms with E-state index in [9.17, 15) is 23.2 Å². The fraction of sp³-hybridized carbons (Fsp3) is 0.348. The number of aromatic nitrogens is 7. The summed E-state index contributed by atoms with van der Waals surface area (Å²) in [5, 5.41) is 13.9. The fourth-order valence-electron chi connectivity index (χ4n) is 4.54. The molecule has 9 nitrogen and oxygen atoms in total. The topological polar surface area (TPSA) is 126 Å². The van der Waals surface area contributed by atoms with Gasteiger partial charge in [-0.15, -0.1) is 0 Å². The molecule has 5 rings (SSSR count). The van der Waals surface area contributed by atoms with E-state index in [4.69, 9.17) is 4.98 Å². The molecule has 0 spiro atoms. The van der Waals surface area contributed by atoms with Crippen LogP contribution in [0.5, 0.6) is 0 Å². The number of fused-ring (bicyclic) bond motifs is 1. The highest BCUT2D eigenvalue weighted by Gasteiger charge is 2.48. The molecule has 12 heteroatoms. The molecular weight excluding hydrogens is 461 g/mol. The van der Waals surface area contributed by atoms with E-state index in [1.165, 1.54) is 10.7 Å². The second kappa shape index (κ2) is 7.97. The van der Waals surface area contributed by atoms with Crippen molar-refractivity contribution in [2.75, 3.05) is 0 Å². The summed E-state index contributed by atoms with van der Waals surface area (Å²) in [5.41, 5.74) is -1.59. The van der Waals surface area contributed by atoms with Crippen molar-refractivity contribution in [1.82, 2.24) is 34.7 Å². The van der Waals surface area contributed by atoms with Gasteiger partial charge in [0, 0.05) is 29.9 Å². The molecule has 0 saturated heterocycles. The minimum Gasteiger partial charge on any atom is -0.309 e. The summed E-state index contributed by atoms with van der Waals surface area (Å²) in [6.45, 7) is 3.66. The monoisotopic (exact) mass is 480 g/mol. The van der Waals surface area contributed by atoms with Crippen LogP contribution in [-0.4, -0.2) is 34.7 Å². The smallest absolute Gasteiger partial charge is 0.309 e. The predicted molar refractivity (Wildman–Crippen MR) is 117 cm³/mol. The van der Waals surface area contributed by atoms with E-state index < -0.39 is 28.9 Å². The first-order valence-corrected chi connectivity index (χ1v) is 10.9. The van der Waals surface area contributed by atoms with E-state index in [1.807, 2.05) is 13.0 Å². The normalized spacial score (nSPS) is 20.9. The summed E-state index contributed by atoms with van der Waals surface area (Å²) in [6, 6.07) is 5.18. The Balaban J connectivity index is 1.61. The number of aromatic amines is 1. The van der Waals surface area contributed by atoms with Crippen molar-refractivity contribution >= 4 is 11.0 Å². The minimum absolute atomic E-state index is 0.0263. The average Bonchev–Trinajstić information content (AvgIpc) is 3.22. The Bertz CT molecular complexity index is 1500. The number of alkyl halides is 3. The molecule has 1 N–H and O–H groups in total. The van der Waals surface area contributed by atoms with Crippen LogP contribution < -0.4 is 5.56 Å². The van der Waals surface area contributed by atoms with Gasteiger partial charge in [-0.2, -0.15) is 23.5 Å². The van der Waals surface area contributed by atoms with E-state index in [0.29, 0.717) is 17.2 Å². The van der Waals surface area contributed by atoms with E-state index in [0.717, 1.165) is 25.1 Å². The molecule has 0 aromatic carbocycles. The van der Waals surface area contributed by atoms with E-state index >= 15 is 0 Å². The molecule has 4 aromatic rings. The van der Waals surface area contributed by atoms with Gasteiger partial charge < -0.3 is 4.98 Å². The lowest BCUT2D eigenvalue weighted by molar-refractivity contribution is -0.141. The number of H-pyrrole nitrogens is 1. The molecule has 1 fully saturated rings. The second-order valence-corrected chi connectivity index (χ2v) is 8.78. The summed E-state index contributed by atoms with van der Waals surface area (Å²) in [7, 11) is 0. The first-order chi connectivity index (χ1) is 16.6. The molecule has 0 radical (unpaired) electrons. The molecule has 4 aromatic heterocycles. The number of hydrogen-bond donors (Lipinski definition) is 1. The Morgan fingerprint density at radius 1 is 1.26 bits per heavy atom. The molecule has 0 aliphatic heterocycles. The molecule has 178 valence electrons. The van der Waals surface area contributed by atoms with Crippen molar-refractivity contribution in [1.29, 1.82) is 5.26 Å².